The molecule has 1 saturated heterocycles. The van der Waals surface area contributed by atoms with Gasteiger partial charge in [0.1, 0.15) is 0 Å². The lowest BCUT2D eigenvalue weighted by molar-refractivity contribution is -0.126. The van der Waals surface area contributed by atoms with Crippen LogP contribution in [0, 0.1) is 13.8 Å². The Bertz CT molecular complexity index is 861. The van der Waals surface area contributed by atoms with Gasteiger partial charge in [-0.1, -0.05) is 79.2 Å². The second kappa shape index (κ2) is 9.00. The van der Waals surface area contributed by atoms with E-state index in [-0.39, 0.29) is 11.2 Å². The second-order valence-electron chi connectivity index (χ2n) is 6.79. The molecule has 0 aliphatic carbocycles. The van der Waals surface area contributed by atoms with Crippen LogP contribution < -0.4 is 0 Å². The minimum atomic E-state index is -0.0613. The number of amides is 1. The Morgan fingerprint density at radius 1 is 1.15 bits per heavy atom. The maximum Gasteiger partial charge on any atom is 0.242 e. The molecule has 2 aromatic carbocycles. The molecule has 0 bridgehead atoms. The number of aryl methyl sites for hydroxylation is 2. The molecule has 27 heavy (non-hydrogen) atoms. The molecule has 1 aliphatic rings. The molecule has 4 nitrogen and oxygen atoms in total. The molecule has 2 aromatic rings. The van der Waals surface area contributed by atoms with Crippen LogP contribution >= 0.6 is 11.8 Å². The van der Waals surface area contributed by atoms with Crippen LogP contribution in [0.25, 0.3) is 0 Å². The fourth-order valence-corrected chi connectivity index (χ4v) is 4.27. The van der Waals surface area contributed by atoms with Crippen LogP contribution in [-0.2, 0) is 11.3 Å². The molecule has 0 saturated carbocycles. The molecule has 0 spiro atoms. The molecule has 0 aromatic heterocycles. The third-order valence-corrected chi connectivity index (χ3v) is 5.75. The van der Waals surface area contributed by atoms with Gasteiger partial charge in [-0.2, -0.15) is 5.10 Å². The molecule has 1 fully saturated rings. The number of thioether (sulfide) groups is 1. The van der Waals surface area contributed by atoms with E-state index in [0.29, 0.717) is 11.7 Å². The van der Waals surface area contributed by atoms with Gasteiger partial charge in [-0.25, -0.2) is 0 Å². The minimum absolute atomic E-state index is 0.0613. The zero-order valence-corrected chi connectivity index (χ0v) is 16.9. The summed E-state index contributed by atoms with van der Waals surface area (Å²) >= 11 is 1.53. The lowest BCUT2D eigenvalue weighted by Gasteiger charge is -2.15. The van der Waals surface area contributed by atoms with Crippen LogP contribution in [0.1, 0.15) is 42.0 Å². The highest BCUT2D eigenvalue weighted by Gasteiger charge is 2.37. The fourth-order valence-electron chi connectivity index (χ4n) is 3.05. The summed E-state index contributed by atoms with van der Waals surface area (Å²) in [6.07, 6.45) is 3.59. The maximum atomic E-state index is 12.8. The van der Waals surface area contributed by atoms with Crippen LogP contribution in [0.5, 0.6) is 0 Å². The van der Waals surface area contributed by atoms with E-state index in [1.807, 2.05) is 36.4 Å². The molecule has 1 heterocycles. The van der Waals surface area contributed by atoms with Crippen molar-refractivity contribution in [2.75, 3.05) is 0 Å². The van der Waals surface area contributed by atoms with Crippen molar-refractivity contribution in [3.8, 4) is 0 Å². The largest absolute Gasteiger partial charge is 0.284 e. The Hall–Kier alpha value is -2.40. The molecule has 5 heteroatoms. The summed E-state index contributed by atoms with van der Waals surface area (Å²) in [6.45, 7) is 6.77. The molecular formula is C22H25N3OS. The first-order chi connectivity index (χ1) is 13.1. The van der Waals surface area contributed by atoms with E-state index in [0.717, 1.165) is 24.0 Å². The van der Waals surface area contributed by atoms with Crippen molar-refractivity contribution in [3.05, 3.63) is 70.8 Å². The smallest absolute Gasteiger partial charge is 0.242 e. The highest BCUT2D eigenvalue weighted by Crippen LogP contribution is 2.31. The first-order valence-electron chi connectivity index (χ1n) is 9.28. The normalized spacial score (nSPS) is 18.8. The Morgan fingerprint density at radius 3 is 2.63 bits per heavy atom. The predicted octanol–water partition coefficient (Wildman–Crippen LogP) is 4.94. The average molecular weight is 380 g/mol. The summed E-state index contributed by atoms with van der Waals surface area (Å²) < 4.78 is 0. The Labute approximate surface area is 165 Å². The minimum Gasteiger partial charge on any atom is -0.284 e. The van der Waals surface area contributed by atoms with Crippen LogP contribution in [0.4, 0.5) is 0 Å². The van der Waals surface area contributed by atoms with Gasteiger partial charge in [0, 0.05) is 0 Å². The summed E-state index contributed by atoms with van der Waals surface area (Å²) in [6, 6.07) is 16.2. The molecule has 0 N–H and O–H groups in total. The van der Waals surface area contributed by atoms with Crippen molar-refractivity contribution in [1.29, 1.82) is 0 Å². The van der Waals surface area contributed by atoms with Gasteiger partial charge in [0.15, 0.2) is 5.17 Å². The van der Waals surface area contributed by atoms with Gasteiger partial charge in [0.05, 0.1) is 18.0 Å². The van der Waals surface area contributed by atoms with Crippen molar-refractivity contribution in [1.82, 2.24) is 4.90 Å². The number of rotatable bonds is 6. The number of carbonyl (C=O) groups is 1. The number of hydrogen-bond donors (Lipinski definition) is 0. The van der Waals surface area contributed by atoms with Crippen LogP contribution in [0.15, 0.2) is 58.7 Å². The van der Waals surface area contributed by atoms with Gasteiger partial charge in [0.2, 0.25) is 5.91 Å². The molecular weight excluding hydrogens is 354 g/mol. The third-order valence-electron chi connectivity index (χ3n) is 4.52. The van der Waals surface area contributed by atoms with E-state index < -0.39 is 0 Å². The summed E-state index contributed by atoms with van der Waals surface area (Å²) in [5.74, 6) is 0.131. The molecule has 0 radical (unpaired) electrons. The van der Waals surface area contributed by atoms with Crippen LogP contribution in [0.2, 0.25) is 0 Å². The molecule has 1 atom stereocenters. The number of benzene rings is 2. The van der Waals surface area contributed by atoms with E-state index in [1.165, 1.54) is 22.9 Å². The monoisotopic (exact) mass is 379 g/mol. The average Bonchev–Trinajstić information content (AvgIpc) is 2.94. The second-order valence-corrected chi connectivity index (χ2v) is 7.96. The summed E-state index contributed by atoms with van der Waals surface area (Å²) in [7, 11) is 0. The van der Waals surface area contributed by atoms with Crippen molar-refractivity contribution in [3.63, 3.8) is 0 Å². The summed E-state index contributed by atoms with van der Waals surface area (Å²) in [4.78, 5) is 14.6. The predicted molar refractivity (Wildman–Crippen MR) is 114 cm³/mol. The summed E-state index contributed by atoms with van der Waals surface area (Å²) in [5.41, 5.74) is 4.53. The Kier molecular flexibility index (Phi) is 6.45. The number of carbonyl (C=O) groups excluding carboxylic acids is 1. The lowest BCUT2D eigenvalue weighted by Crippen LogP contribution is -2.31. The molecule has 140 valence electrons. The van der Waals surface area contributed by atoms with Gasteiger partial charge in [0.25, 0.3) is 0 Å². The standard InChI is InChI=1S/C22H25N3OS/c1-4-8-20-21(26)25(15-18-9-6-5-7-10-18)22(27-20)24-23-14-19-12-11-16(2)13-17(19)3/h5-7,9-14,20H,4,8,15H2,1-3H3/b23-14-,24-22+/t20-/m1/s1. The van der Waals surface area contributed by atoms with Gasteiger partial charge < -0.3 is 0 Å². The molecule has 0 unspecified atom stereocenters. The molecule has 1 aliphatic heterocycles. The molecule has 3 rings (SSSR count). The van der Waals surface area contributed by atoms with E-state index in [1.54, 1.807) is 11.1 Å². The zero-order valence-electron chi connectivity index (χ0n) is 16.1. The van der Waals surface area contributed by atoms with E-state index >= 15 is 0 Å². The quantitative estimate of drug-likeness (QED) is 0.527. The van der Waals surface area contributed by atoms with E-state index in [2.05, 4.69) is 43.1 Å². The lowest BCUT2D eigenvalue weighted by atomic mass is 10.1. The van der Waals surface area contributed by atoms with Crippen LogP contribution in [0.3, 0.4) is 0 Å². The van der Waals surface area contributed by atoms with Gasteiger partial charge >= 0.3 is 0 Å². The number of amidine groups is 1. The Morgan fingerprint density at radius 2 is 1.93 bits per heavy atom. The van der Waals surface area contributed by atoms with Crippen LogP contribution in [-0.4, -0.2) is 27.4 Å². The van der Waals surface area contributed by atoms with Gasteiger partial charge in [-0.05, 0) is 37.0 Å². The maximum absolute atomic E-state index is 12.8. The number of nitrogens with zero attached hydrogens (tertiary/aromatic N) is 3. The van der Waals surface area contributed by atoms with Crippen molar-refractivity contribution < 1.29 is 4.79 Å². The SMILES string of the molecule is CCC[C@H]1S/C(=N/N=C\c2ccc(C)cc2C)N(Cc2ccccc2)C1=O. The third kappa shape index (κ3) is 4.86. The first kappa shape index (κ1) is 19.4. The Balaban J connectivity index is 1.82. The first-order valence-corrected chi connectivity index (χ1v) is 10.2. The van der Waals surface area contributed by atoms with Gasteiger partial charge in [-0.3, -0.25) is 9.69 Å². The summed E-state index contributed by atoms with van der Waals surface area (Å²) in [5, 5.41) is 9.30. The van der Waals surface area contributed by atoms with Gasteiger partial charge in [-0.15, -0.1) is 5.10 Å². The van der Waals surface area contributed by atoms with Crippen molar-refractivity contribution >= 4 is 29.1 Å². The topological polar surface area (TPSA) is 45.0 Å². The van der Waals surface area contributed by atoms with E-state index in [9.17, 15) is 4.79 Å². The highest BCUT2D eigenvalue weighted by atomic mass is 32.2. The number of hydrogen-bond acceptors (Lipinski definition) is 4. The zero-order chi connectivity index (χ0) is 19.2. The highest BCUT2D eigenvalue weighted by molar-refractivity contribution is 8.15. The van der Waals surface area contributed by atoms with E-state index in [4.69, 9.17) is 0 Å². The fraction of sp³-hybridized carbons (Fsp3) is 0.318. The van der Waals surface area contributed by atoms with Crippen molar-refractivity contribution in [2.24, 2.45) is 10.2 Å². The van der Waals surface area contributed by atoms with Crippen molar-refractivity contribution in [2.45, 2.75) is 45.4 Å². The molecule has 1 amide bonds.